The molecule has 1 atom stereocenters. The molecule has 0 radical (unpaired) electrons. The molecule has 0 spiro atoms. The zero-order chi connectivity index (χ0) is 15.8. The van der Waals surface area contributed by atoms with Crippen molar-refractivity contribution in [2.75, 3.05) is 13.1 Å². The van der Waals surface area contributed by atoms with Crippen molar-refractivity contribution in [3.8, 4) is 0 Å². The summed E-state index contributed by atoms with van der Waals surface area (Å²) >= 11 is 5.80. The smallest absolute Gasteiger partial charge is 0.329 e. The van der Waals surface area contributed by atoms with Crippen LogP contribution in [0.25, 0.3) is 0 Å². The van der Waals surface area contributed by atoms with Gasteiger partial charge in [0.15, 0.2) is 0 Å². The molecule has 0 bridgehead atoms. The van der Waals surface area contributed by atoms with E-state index in [4.69, 9.17) is 17.3 Å². The highest BCUT2D eigenvalue weighted by molar-refractivity contribution is 7.89. The van der Waals surface area contributed by atoms with Gasteiger partial charge in [0.05, 0.1) is 10.6 Å². The van der Waals surface area contributed by atoms with Crippen molar-refractivity contribution in [2.24, 2.45) is 5.73 Å². The van der Waals surface area contributed by atoms with Crippen LogP contribution in [0, 0.1) is 0 Å². The Bertz CT molecular complexity index is 634. The van der Waals surface area contributed by atoms with Gasteiger partial charge >= 0.3 is 6.18 Å². The number of alkyl halides is 3. The van der Waals surface area contributed by atoms with E-state index in [-0.39, 0.29) is 18.1 Å². The summed E-state index contributed by atoms with van der Waals surface area (Å²) in [6.07, 6.45) is -3.42. The van der Waals surface area contributed by atoms with Crippen LogP contribution in [0.1, 0.15) is 18.4 Å². The molecule has 1 aromatic carbocycles. The first-order chi connectivity index (χ1) is 9.67. The highest BCUT2D eigenvalue weighted by Gasteiger charge is 2.38. The minimum absolute atomic E-state index is 0.121. The lowest BCUT2D eigenvalue weighted by Gasteiger charge is -2.23. The van der Waals surface area contributed by atoms with Gasteiger partial charge in [0.25, 0.3) is 0 Å². The van der Waals surface area contributed by atoms with Crippen molar-refractivity contribution in [1.29, 1.82) is 0 Å². The predicted molar refractivity (Wildman–Crippen MR) is 72.4 cm³/mol. The zero-order valence-electron chi connectivity index (χ0n) is 10.9. The quantitative estimate of drug-likeness (QED) is 0.917. The number of hydrogen-bond donors (Lipinski definition) is 1. The minimum Gasteiger partial charge on any atom is -0.329 e. The normalized spacial score (nSPS) is 20.9. The van der Waals surface area contributed by atoms with Crippen LogP contribution < -0.4 is 5.73 Å². The van der Waals surface area contributed by atoms with Crippen molar-refractivity contribution in [1.82, 2.24) is 4.31 Å². The molecule has 1 fully saturated rings. The molecule has 21 heavy (non-hydrogen) atoms. The second-order valence-electron chi connectivity index (χ2n) is 4.79. The lowest BCUT2D eigenvalue weighted by molar-refractivity contribution is -0.137. The van der Waals surface area contributed by atoms with Crippen LogP contribution >= 0.6 is 11.6 Å². The highest BCUT2D eigenvalue weighted by atomic mass is 35.5. The molecule has 0 amide bonds. The fourth-order valence-electron chi connectivity index (χ4n) is 2.36. The van der Waals surface area contributed by atoms with Crippen LogP contribution in [-0.4, -0.2) is 31.9 Å². The van der Waals surface area contributed by atoms with Crippen LogP contribution in [0.2, 0.25) is 5.02 Å². The molecule has 1 aromatic rings. The van der Waals surface area contributed by atoms with Crippen molar-refractivity contribution in [3.05, 3.63) is 28.8 Å². The molecular formula is C12H14ClF3N2O2S. The number of halogens is 4. The molecule has 1 saturated heterocycles. The fraction of sp³-hybridized carbons (Fsp3) is 0.500. The second-order valence-corrected chi connectivity index (χ2v) is 7.06. The molecule has 2 rings (SSSR count). The summed E-state index contributed by atoms with van der Waals surface area (Å²) in [5, 5.41) is -0.231. The van der Waals surface area contributed by atoms with Gasteiger partial charge in [0.2, 0.25) is 10.0 Å². The third-order valence-electron chi connectivity index (χ3n) is 3.44. The summed E-state index contributed by atoms with van der Waals surface area (Å²) in [6, 6.07) is 1.88. The van der Waals surface area contributed by atoms with Gasteiger partial charge in [0.1, 0.15) is 4.90 Å². The van der Waals surface area contributed by atoms with Gasteiger partial charge in [-0.2, -0.15) is 17.5 Å². The molecule has 1 aliphatic heterocycles. The standard InChI is InChI=1S/C12H14ClF3N2O2S/c13-10-4-3-8(12(14,15)16)6-11(10)21(19,20)18-5-1-2-9(18)7-17/h3-4,6,9H,1-2,5,7,17H2/t9-/m1/s1. The minimum atomic E-state index is -4.63. The highest BCUT2D eigenvalue weighted by Crippen LogP contribution is 2.35. The van der Waals surface area contributed by atoms with E-state index in [9.17, 15) is 21.6 Å². The average molecular weight is 343 g/mol. The van der Waals surface area contributed by atoms with Gasteiger partial charge in [-0.3, -0.25) is 0 Å². The Balaban J connectivity index is 2.49. The van der Waals surface area contributed by atoms with Gasteiger partial charge in [-0.05, 0) is 31.0 Å². The van der Waals surface area contributed by atoms with Gasteiger partial charge in [-0.15, -0.1) is 0 Å². The summed E-state index contributed by atoms with van der Waals surface area (Å²) in [5.41, 5.74) is 4.47. The van der Waals surface area contributed by atoms with E-state index in [2.05, 4.69) is 0 Å². The molecule has 0 saturated carbocycles. The van der Waals surface area contributed by atoms with E-state index in [1.165, 1.54) is 0 Å². The van der Waals surface area contributed by atoms with Gasteiger partial charge in [-0.25, -0.2) is 8.42 Å². The molecule has 2 N–H and O–H groups in total. The molecule has 4 nitrogen and oxygen atoms in total. The summed E-state index contributed by atoms with van der Waals surface area (Å²) in [6.45, 7) is 0.354. The summed E-state index contributed by atoms with van der Waals surface area (Å²) in [4.78, 5) is -0.528. The molecule has 0 aromatic heterocycles. The zero-order valence-corrected chi connectivity index (χ0v) is 12.5. The number of sulfonamides is 1. The van der Waals surface area contributed by atoms with Crippen LogP contribution in [0.5, 0.6) is 0 Å². The number of benzene rings is 1. The van der Waals surface area contributed by atoms with Crippen molar-refractivity contribution in [2.45, 2.75) is 30.0 Å². The van der Waals surface area contributed by atoms with Gasteiger partial charge < -0.3 is 5.73 Å². The van der Waals surface area contributed by atoms with E-state index in [0.29, 0.717) is 18.9 Å². The number of nitrogens with zero attached hydrogens (tertiary/aromatic N) is 1. The molecule has 1 aliphatic rings. The second kappa shape index (κ2) is 5.75. The van der Waals surface area contributed by atoms with E-state index >= 15 is 0 Å². The first kappa shape index (κ1) is 16.5. The Labute approximate surface area is 125 Å². The molecule has 0 aliphatic carbocycles. The Kier molecular flexibility index (Phi) is 4.53. The first-order valence-electron chi connectivity index (χ1n) is 6.26. The number of rotatable bonds is 3. The van der Waals surface area contributed by atoms with E-state index in [1.807, 2.05) is 0 Å². The van der Waals surface area contributed by atoms with Crippen molar-refractivity contribution < 1.29 is 21.6 Å². The Morgan fingerprint density at radius 1 is 1.38 bits per heavy atom. The summed E-state index contributed by atoms with van der Waals surface area (Å²) < 4.78 is 64.4. The molecule has 1 heterocycles. The van der Waals surface area contributed by atoms with Crippen LogP contribution in [0.15, 0.2) is 23.1 Å². The number of nitrogens with two attached hydrogens (primary N) is 1. The van der Waals surface area contributed by atoms with Crippen molar-refractivity contribution >= 4 is 21.6 Å². The fourth-order valence-corrected chi connectivity index (χ4v) is 4.57. The van der Waals surface area contributed by atoms with Gasteiger partial charge in [-0.1, -0.05) is 11.6 Å². The maximum absolute atomic E-state index is 12.7. The van der Waals surface area contributed by atoms with Crippen LogP contribution in [0.4, 0.5) is 13.2 Å². The number of hydrogen-bond acceptors (Lipinski definition) is 3. The SMILES string of the molecule is NC[C@H]1CCCN1S(=O)(=O)c1cc(C(F)(F)F)ccc1Cl. The maximum Gasteiger partial charge on any atom is 0.416 e. The monoisotopic (exact) mass is 342 g/mol. The van der Waals surface area contributed by atoms with Crippen molar-refractivity contribution in [3.63, 3.8) is 0 Å². The van der Waals surface area contributed by atoms with Gasteiger partial charge in [0, 0.05) is 19.1 Å². The summed E-state index contributed by atoms with van der Waals surface area (Å²) in [5.74, 6) is 0. The maximum atomic E-state index is 12.7. The Hall–Kier alpha value is -0.830. The predicted octanol–water partition coefficient (Wildman–Crippen LogP) is 2.47. The first-order valence-corrected chi connectivity index (χ1v) is 8.08. The van der Waals surface area contributed by atoms with Crippen LogP contribution in [0.3, 0.4) is 0 Å². The summed E-state index contributed by atoms with van der Waals surface area (Å²) in [7, 11) is -4.09. The molecule has 118 valence electrons. The molecular weight excluding hydrogens is 329 g/mol. The van der Waals surface area contributed by atoms with E-state index in [0.717, 1.165) is 16.4 Å². The third kappa shape index (κ3) is 3.18. The lowest BCUT2D eigenvalue weighted by Crippen LogP contribution is -2.40. The van der Waals surface area contributed by atoms with Crippen LogP contribution in [-0.2, 0) is 16.2 Å². The van der Waals surface area contributed by atoms with E-state index in [1.54, 1.807) is 0 Å². The molecule has 0 unspecified atom stereocenters. The average Bonchev–Trinajstić information content (AvgIpc) is 2.86. The largest absolute Gasteiger partial charge is 0.416 e. The Morgan fingerprint density at radius 3 is 2.62 bits per heavy atom. The topological polar surface area (TPSA) is 63.4 Å². The Morgan fingerprint density at radius 2 is 2.05 bits per heavy atom. The lowest BCUT2D eigenvalue weighted by atomic mass is 10.2. The molecule has 9 heteroatoms. The third-order valence-corrected chi connectivity index (χ3v) is 5.87. The van der Waals surface area contributed by atoms with E-state index < -0.39 is 32.7 Å².